The molecule has 2 aromatic rings. The molecular weight excluding hydrogens is 417 g/mol. The van der Waals surface area contributed by atoms with Crippen LogP contribution in [0.5, 0.6) is 11.5 Å². The lowest BCUT2D eigenvalue weighted by Gasteiger charge is -2.26. The highest BCUT2D eigenvalue weighted by Crippen LogP contribution is 2.36. The quantitative estimate of drug-likeness (QED) is 0.586. The van der Waals surface area contributed by atoms with Crippen molar-refractivity contribution in [1.82, 2.24) is 5.32 Å². The standard InChI is InChI=1S/C23H20FN3O5/c1-13-8-18(26-6-2-3-7-26)17(24)10-14(13)9-16-21(28)25-23(30)27(22(16)29)15-4-5-19-20(11-15)32-12-31-19/h4-5,8-11H,2-3,6-7,12H2,1H3,(H,25,28,30). The summed E-state index contributed by atoms with van der Waals surface area (Å²) in [6.45, 7) is 3.42. The Hall–Kier alpha value is -3.88. The first kappa shape index (κ1) is 20.0. The number of ether oxygens (including phenoxy) is 2. The van der Waals surface area contributed by atoms with Crippen molar-refractivity contribution in [2.24, 2.45) is 0 Å². The summed E-state index contributed by atoms with van der Waals surface area (Å²) in [5.74, 6) is -1.17. The molecule has 3 aliphatic heterocycles. The Morgan fingerprint density at radius 2 is 1.78 bits per heavy atom. The maximum absolute atomic E-state index is 14.8. The summed E-state index contributed by atoms with van der Waals surface area (Å²) < 4.78 is 25.4. The number of hydrogen-bond donors (Lipinski definition) is 1. The lowest BCUT2D eigenvalue weighted by molar-refractivity contribution is -0.122. The number of nitrogens with zero attached hydrogens (tertiary/aromatic N) is 2. The molecule has 1 N–H and O–H groups in total. The number of hydrogen-bond acceptors (Lipinski definition) is 6. The first-order chi connectivity index (χ1) is 15.4. The van der Waals surface area contributed by atoms with E-state index in [1.165, 1.54) is 24.3 Å². The predicted molar refractivity (Wildman–Crippen MR) is 114 cm³/mol. The molecule has 3 heterocycles. The van der Waals surface area contributed by atoms with Crippen LogP contribution in [0.25, 0.3) is 6.08 Å². The van der Waals surface area contributed by atoms with Crippen LogP contribution in [0, 0.1) is 12.7 Å². The van der Waals surface area contributed by atoms with Crippen LogP contribution in [0.1, 0.15) is 24.0 Å². The van der Waals surface area contributed by atoms with E-state index in [-0.39, 0.29) is 18.1 Å². The number of carbonyl (C=O) groups excluding carboxylic acids is 3. The third-order valence-corrected chi connectivity index (χ3v) is 5.80. The highest BCUT2D eigenvalue weighted by molar-refractivity contribution is 6.39. The van der Waals surface area contributed by atoms with E-state index in [4.69, 9.17) is 9.47 Å². The normalized spacial score (nSPS) is 19.2. The van der Waals surface area contributed by atoms with Crippen molar-refractivity contribution in [1.29, 1.82) is 0 Å². The minimum Gasteiger partial charge on any atom is -0.454 e. The molecule has 5 rings (SSSR count). The van der Waals surface area contributed by atoms with E-state index in [0.29, 0.717) is 28.3 Å². The van der Waals surface area contributed by atoms with Crippen LogP contribution in [0.4, 0.5) is 20.6 Å². The smallest absolute Gasteiger partial charge is 0.335 e. The Bertz CT molecular complexity index is 1190. The second kappa shape index (κ2) is 7.67. The highest BCUT2D eigenvalue weighted by atomic mass is 19.1. The van der Waals surface area contributed by atoms with Gasteiger partial charge in [0.2, 0.25) is 6.79 Å². The second-order valence-electron chi connectivity index (χ2n) is 7.85. The average molecular weight is 437 g/mol. The van der Waals surface area contributed by atoms with Crippen LogP contribution >= 0.6 is 0 Å². The Morgan fingerprint density at radius 1 is 1.03 bits per heavy atom. The maximum Gasteiger partial charge on any atom is 0.335 e. The highest BCUT2D eigenvalue weighted by Gasteiger charge is 2.37. The molecular formula is C23H20FN3O5. The van der Waals surface area contributed by atoms with E-state index in [9.17, 15) is 18.8 Å². The number of carbonyl (C=O) groups is 3. The second-order valence-corrected chi connectivity index (χ2v) is 7.85. The summed E-state index contributed by atoms with van der Waals surface area (Å²) in [6.07, 6.45) is 3.35. The third kappa shape index (κ3) is 3.35. The minimum absolute atomic E-state index is 0.0425. The molecule has 32 heavy (non-hydrogen) atoms. The van der Waals surface area contributed by atoms with Crippen molar-refractivity contribution in [2.75, 3.05) is 29.7 Å². The van der Waals surface area contributed by atoms with Gasteiger partial charge in [-0.2, -0.15) is 0 Å². The molecule has 0 bridgehead atoms. The molecule has 0 saturated carbocycles. The maximum atomic E-state index is 14.8. The fourth-order valence-electron chi connectivity index (χ4n) is 4.11. The number of rotatable bonds is 3. The van der Waals surface area contributed by atoms with E-state index in [1.807, 2.05) is 4.90 Å². The van der Waals surface area contributed by atoms with Crippen molar-refractivity contribution in [3.63, 3.8) is 0 Å². The van der Waals surface area contributed by atoms with Gasteiger partial charge in [-0.05, 0) is 61.2 Å². The number of aryl methyl sites for hydroxylation is 1. The van der Waals surface area contributed by atoms with Gasteiger partial charge < -0.3 is 14.4 Å². The number of urea groups is 1. The van der Waals surface area contributed by atoms with Crippen molar-refractivity contribution in [3.8, 4) is 11.5 Å². The van der Waals surface area contributed by atoms with Gasteiger partial charge in [0.05, 0.1) is 11.4 Å². The molecule has 9 heteroatoms. The number of anilines is 2. The molecule has 0 radical (unpaired) electrons. The molecule has 0 unspecified atom stereocenters. The SMILES string of the molecule is Cc1cc(N2CCCC2)c(F)cc1C=C1C(=O)NC(=O)N(c2ccc3c(c2)OCO3)C1=O. The van der Waals surface area contributed by atoms with Crippen LogP contribution in [0.2, 0.25) is 0 Å². The molecule has 0 aliphatic carbocycles. The molecule has 2 aromatic carbocycles. The summed E-state index contributed by atoms with van der Waals surface area (Å²) in [6, 6.07) is 6.76. The summed E-state index contributed by atoms with van der Waals surface area (Å²) in [4.78, 5) is 40.9. The zero-order chi connectivity index (χ0) is 22.4. The van der Waals surface area contributed by atoms with Crippen LogP contribution in [0.15, 0.2) is 35.9 Å². The summed E-state index contributed by atoms with van der Waals surface area (Å²) in [5.41, 5.74) is 1.58. The summed E-state index contributed by atoms with van der Waals surface area (Å²) >= 11 is 0. The Labute approximate surface area is 183 Å². The number of halogens is 1. The molecule has 2 saturated heterocycles. The first-order valence-corrected chi connectivity index (χ1v) is 10.3. The number of fused-ring (bicyclic) bond motifs is 1. The number of amides is 4. The van der Waals surface area contributed by atoms with E-state index in [1.54, 1.807) is 19.1 Å². The third-order valence-electron chi connectivity index (χ3n) is 5.80. The van der Waals surface area contributed by atoms with E-state index in [2.05, 4.69) is 5.32 Å². The summed E-state index contributed by atoms with van der Waals surface area (Å²) in [5, 5.41) is 2.17. The zero-order valence-corrected chi connectivity index (χ0v) is 17.3. The molecule has 164 valence electrons. The van der Waals surface area contributed by atoms with Gasteiger partial charge >= 0.3 is 6.03 Å². The Kier molecular flexibility index (Phi) is 4.80. The summed E-state index contributed by atoms with van der Waals surface area (Å²) in [7, 11) is 0. The van der Waals surface area contributed by atoms with Crippen molar-refractivity contribution in [2.45, 2.75) is 19.8 Å². The zero-order valence-electron chi connectivity index (χ0n) is 17.3. The van der Waals surface area contributed by atoms with Gasteiger partial charge in [-0.3, -0.25) is 14.9 Å². The largest absolute Gasteiger partial charge is 0.454 e. The Morgan fingerprint density at radius 3 is 2.56 bits per heavy atom. The number of barbiturate groups is 1. The molecule has 8 nitrogen and oxygen atoms in total. The lowest BCUT2D eigenvalue weighted by Crippen LogP contribution is -2.54. The van der Waals surface area contributed by atoms with Gasteiger partial charge in [-0.25, -0.2) is 14.1 Å². The van der Waals surface area contributed by atoms with E-state index < -0.39 is 23.7 Å². The van der Waals surface area contributed by atoms with Crippen molar-refractivity contribution >= 4 is 35.3 Å². The van der Waals surface area contributed by atoms with Gasteiger partial charge in [-0.1, -0.05) is 0 Å². The van der Waals surface area contributed by atoms with Gasteiger partial charge in [0.15, 0.2) is 11.5 Å². The van der Waals surface area contributed by atoms with Gasteiger partial charge in [0.1, 0.15) is 11.4 Å². The van der Waals surface area contributed by atoms with Crippen LogP contribution in [-0.4, -0.2) is 37.7 Å². The van der Waals surface area contributed by atoms with E-state index in [0.717, 1.165) is 30.8 Å². The molecule has 3 aliphatic rings. The van der Waals surface area contributed by atoms with Crippen LogP contribution < -0.4 is 24.6 Å². The molecule has 2 fully saturated rings. The number of benzene rings is 2. The van der Waals surface area contributed by atoms with Gasteiger partial charge in [-0.15, -0.1) is 0 Å². The Balaban J connectivity index is 1.50. The van der Waals surface area contributed by atoms with Crippen molar-refractivity contribution < 1.29 is 28.2 Å². The number of imide groups is 2. The molecule has 0 spiro atoms. The molecule has 0 aromatic heterocycles. The number of nitrogens with one attached hydrogen (secondary N) is 1. The lowest BCUT2D eigenvalue weighted by atomic mass is 10.0. The topological polar surface area (TPSA) is 88.2 Å². The van der Waals surface area contributed by atoms with E-state index >= 15 is 0 Å². The average Bonchev–Trinajstić information content (AvgIpc) is 3.44. The predicted octanol–water partition coefficient (Wildman–Crippen LogP) is 3.13. The van der Waals surface area contributed by atoms with Crippen molar-refractivity contribution in [3.05, 3.63) is 52.8 Å². The molecule has 4 amide bonds. The fourth-order valence-corrected chi connectivity index (χ4v) is 4.11. The van der Waals surface area contributed by atoms with Crippen LogP contribution in [0.3, 0.4) is 0 Å². The molecule has 0 atom stereocenters. The van der Waals surface area contributed by atoms with Gasteiger partial charge in [0.25, 0.3) is 11.8 Å². The fraction of sp³-hybridized carbons (Fsp3) is 0.261. The monoisotopic (exact) mass is 437 g/mol. The van der Waals surface area contributed by atoms with Gasteiger partial charge in [0, 0.05) is 19.2 Å². The first-order valence-electron chi connectivity index (χ1n) is 10.3. The van der Waals surface area contributed by atoms with Crippen LogP contribution in [-0.2, 0) is 9.59 Å². The minimum atomic E-state index is -0.872.